The highest BCUT2D eigenvalue weighted by Gasteiger charge is 2.29. The Kier molecular flexibility index (Phi) is 4.49. The van der Waals surface area contributed by atoms with Gasteiger partial charge in [0.05, 0.1) is 19.8 Å². The van der Waals surface area contributed by atoms with Gasteiger partial charge in [-0.25, -0.2) is 0 Å². The Labute approximate surface area is 188 Å². The van der Waals surface area contributed by atoms with E-state index in [9.17, 15) is 0 Å². The van der Waals surface area contributed by atoms with Crippen LogP contribution in [-0.2, 0) is 0 Å². The predicted octanol–water partition coefficient (Wildman–Crippen LogP) is 9.08. The predicted molar refractivity (Wildman–Crippen MR) is 132 cm³/mol. The zero-order chi connectivity index (χ0) is 19.9. The van der Waals surface area contributed by atoms with Gasteiger partial charge in [-0.05, 0) is 35.4 Å². The number of benzene rings is 3. The van der Waals surface area contributed by atoms with Gasteiger partial charge in [0, 0.05) is 15.4 Å². The molecule has 6 rings (SSSR count). The number of thiophene rings is 2. The van der Waals surface area contributed by atoms with Crippen molar-refractivity contribution in [2.24, 2.45) is 0 Å². The summed E-state index contributed by atoms with van der Waals surface area (Å²) in [4.78, 5) is 5.05. The Bertz CT molecular complexity index is 1220. The number of para-hydroxylation sites is 1. The highest BCUT2D eigenvalue weighted by Crippen LogP contribution is 2.59. The van der Waals surface area contributed by atoms with Crippen molar-refractivity contribution in [3.8, 4) is 20.9 Å². The molecule has 0 spiro atoms. The molecule has 0 saturated heterocycles. The quantitative estimate of drug-likeness (QED) is 0.270. The molecule has 0 bridgehead atoms. The van der Waals surface area contributed by atoms with E-state index in [0.29, 0.717) is 0 Å². The second kappa shape index (κ2) is 7.47. The van der Waals surface area contributed by atoms with Crippen LogP contribution in [0.15, 0.2) is 112 Å². The molecule has 0 radical (unpaired) electrons. The first-order valence-electron chi connectivity index (χ1n) is 9.78. The molecule has 144 valence electrons. The van der Waals surface area contributed by atoms with Crippen molar-refractivity contribution >= 4 is 51.5 Å². The number of nitrogens with zero attached hydrogens (tertiary/aromatic N) is 1. The number of anilines is 3. The van der Waals surface area contributed by atoms with E-state index in [1.54, 1.807) is 0 Å². The van der Waals surface area contributed by atoms with Crippen LogP contribution in [0.2, 0.25) is 0 Å². The molecule has 0 saturated carbocycles. The molecule has 2 aromatic heterocycles. The summed E-state index contributed by atoms with van der Waals surface area (Å²) >= 11 is 5.67. The monoisotopic (exact) mass is 439 g/mol. The van der Waals surface area contributed by atoms with Crippen LogP contribution < -0.4 is 4.90 Å². The van der Waals surface area contributed by atoms with Crippen molar-refractivity contribution in [1.82, 2.24) is 0 Å². The van der Waals surface area contributed by atoms with E-state index in [1.165, 1.54) is 46.4 Å². The molecule has 5 aromatic rings. The minimum atomic E-state index is 1.20. The lowest BCUT2D eigenvalue weighted by Gasteiger charge is -2.28. The van der Waals surface area contributed by atoms with Gasteiger partial charge >= 0.3 is 0 Å². The van der Waals surface area contributed by atoms with E-state index in [-0.39, 0.29) is 0 Å². The lowest BCUT2D eigenvalue weighted by molar-refractivity contribution is 1.23. The second-order valence-electron chi connectivity index (χ2n) is 7.07. The van der Waals surface area contributed by atoms with E-state index in [4.69, 9.17) is 0 Å². The molecule has 0 fully saturated rings. The first-order chi connectivity index (χ1) is 14.9. The van der Waals surface area contributed by atoms with Crippen LogP contribution >= 0.6 is 34.4 Å². The van der Waals surface area contributed by atoms with Crippen LogP contribution in [0.1, 0.15) is 0 Å². The molecule has 0 aliphatic carbocycles. The van der Waals surface area contributed by atoms with Crippen LogP contribution in [0.3, 0.4) is 0 Å². The fraction of sp³-hybridized carbons (Fsp3) is 0. The van der Waals surface area contributed by atoms with E-state index in [0.717, 1.165) is 0 Å². The second-order valence-corrected chi connectivity index (χ2v) is 10.7. The topological polar surface area (TPSA) is 3.24 Å². The zero-order valence-corrected chi connectivity index (χ0v) is 18.4. The Morgan fingerprint density at radius 3 is 1.40 bits per heavy atom. The van der Waals surface area contributed by atoms with Crippen LogP contribution in [0.5, 0.6) is 0 Å². The summed E-state index contributed by atoms with van der Waals surface area (Å²) in [5.74, 6) is 0. The van der Waals surface area contributed by atoms with Gasteiger partial charge in [-0.2, -0.15) is 0 Å². The number of fused-ring (bicyclic) bond motifs is 2. The first-order valence-corrected chi connectivity index (χ1v) is 12.2. The van der Waals surface area contributed by atoms with Crippen LogP contribution in [0.25, 0.3) is 20.9 Å². The number of rotatable bonds is 3. The molecule has 4 heteroatoms. The van der Waals surface area contributed by atoms with Crippen molar-refractivity contribution in [2.45, 2.75) is 8.42 Å². The van der Waals surface area contributed by atoms with Crippen LogP contribution in [0, 0.1) is 0 Å². The van der Waals surface area contributed by atoms with E-state index >= 15 is 0 Å². The van der Waals surface area contributed by atoms with Crippen LogP contribution in [-0.4, -0.2) is 0 Å². The molecule has 30 heavy (non-hydrogen) atoms. The third kappa shape index (κ3) is 3.08. The Morgan fingerprint density at radius 2 is 0.933 bits per heavy atom. The van der Waals surface area contributed by atoms with Gasteiger partial charge in [0.25, 0.3) is 0 Å². The molecule has 1 aliphatic heterocycles. The highest BCUT2D eigenvalue weighted by atomic mass is 32.2. The highest BCUT2D eigenvalue weighted by molar-refractivity contribution is 8.03. The van der Waals surface area contributed by atoms with Gasteiger partial charge < -0.3 is 4.90 Å². The van der Waals surface area contributed by atoms with Crippen molar-refractivity contribution in [2.75, 3.05) is 4.90 Å². The number of hydrogen-bond donors (Lipinski definition) is 0. The lowest BCUT2D eigenvalue weighted by Crippen LogP contribution is -2.11. The van der Waals surface area contributed by atoms with Gasteiger partial charge in [0.15, 0.2) is 0 Å². The van der Waals surface area contributed by atoms with E-state index in [2.05, 4.69) is 108 Å². The van der Waals surface area contributed by atoms with E-state index < -0.39 is 0 Å². The zero-order valence-electron chi connectivity index (χ0n) is 16.0. The standard InChI is InChI=1S/C26H17NS3/c1-4-10-18(11-5-1)23-16-21-25(28-23)30-26-22(27(21)20-14-8-3-9-15-20)17-24(29-26)19-12-6-2-7-13-19/h1-17H. The average Bonchev–Trinajstić information content (AvgIpc) is 3.43. The molecule has 0 unspecified atom stereocenters. The maximum atomic E-state index is 2.42. The minimum absolute atomic E-state index is 1.20. The molecule has 0 amide bonds. The summed E-state index contributed by atoms with van der Waals surface area (Å²) in [5, 5.41) is 0. The van der Waals surface area contributed by atoms with Gasteiger partial charge in [-0.3, -0.25) is 0 Å². The average molecular weight is 440 g/mol. The Balaban J connectivity index is 1.51. The summed E-state index contributed by atoms with van der Waals surface area (Å²) in [5.41, 5.74) is 6.31. The molecule has 1 nitrogen and oxygen atoms in total. The number of hydrogen-bond acceptors (Lipinski definition) is 4. The summed E-state index contributed by atoms with van der Waals surface area (Å²) in [6.07, 6.45) is 0. The molecule has 1 aliphatic rings. The Morgan fingerprint density at radius 1 is 0.500 bits per heavy atom. The summed E-state index contributed by atoms with van der Waals surface area (Å²) in [7, 11) is 0. The maximum absolute atomic E-state index is 2.42. The van der Waals surface area contributed by atoms with Gasteiger partial charge in [0.1, 0.15) is 0 Å². The molecular formula is C26H17NS3. The lowest BCUT2D eigenvalue weighted by atomic mass is 10.1. The third-order valence-electron chi connectivity index (χ3n) is 5.16. The normalized spacial score (nSPS) is 12.5. The van der Waals surface area contributed by atoms with Crippen molar-refractivity contribution in [1.29, 1.82) is 0 Å². The largest absolute Gasteiger partial charge is 0.306 e. The molecule has 3 heterocycles. The summed E-state index contributed by atoms with van der Waals surface area (Å²) < 4.78 is 2.71. The molecule has 3 aromatic carbocycles. The Hall–Kier alpha value is -2.79. The van der Waals surface area contributed by atoms with Crippen molar-refractivity contribution < 1.29 is 0 Å². The van der Waals surface area contributed by atoms with Crippen molar-refractivity contribution in [3.63, 3.8) is 0 Å². The van der Waals surface area contributed by atoms with Gasteiger partial charge in [-0.15, -0.1) is 22.7 Å². The molecule has 0 atom stereocenters. The third-order valence-corrected chi connectivity index (χ3v) is 8.88. The van der Waals surface area contributed by atoms with Crippen molar-refractivity contribution in [3.05, 3.63) is 103 Å². The SMILES string of the molecule is c1ccc(-c2cc3c(s2)Sc2sc(-c4ccccc4)cc2N3c2ccccc2)cc1. The fourth-order valence-electron chi connectivity index (χ4n) is 3.75. The van der Waals surface area contributed by atoms with E-state index in [1.807, 2.05) is 34.4 Å². The summed E-state index contributed by atoms with van der Waals surface area (Å²) in [6.45, 7) is 0. The van der Waals surface area contributed by atoms with Gasteiger partial charge in [-0.1, -0.05) is 90.6 Å². The smallest absolute Gasteiger partial charge is 0.0902 e. The van der Waals surface area contributed by atoms with Gasteiger partial charge in [0.2, 0.25) is 0 Å². The fourth-order valence-corrected chi connectivity index (χ4v) is 7.71. The van der Waals surface area contributed by atoms with Crippen LogP contribution in [0.4, 0.5) is 17.1 Å². The maximum Gasteiger partial charge on any atom is 0.0902 e. The first kappa shape index (κ1) is 18.0. The molecular weight excluding hydrogens is 422 g/mol. The molecule has 0 N–H and O–H groups in total. The summed E-state index contributed by atoms with van der Waals surface area (Å²) in [6, 6.07) is 36.8. The minimum Gasteiger partial charge on any atom is -0.306 e.